The Bertz CT molecular complexity index is 799. The molecule has 0 N–H and O–H groups in total. The molecule has 0 aromatic heterocycles. The molecule has 0 aliphatic carbocycles. The van der Waals surface area contributed by atoms with Crippen LogP contribution in [0.2, 0.25) is 0 Å². The predicted octanol–water partition coefficient (Wildman–Crippen LogP) is 6.62. The van der Waals surface area contributed by atoms with Gasteiger partial charge in [0, 0.05) is 23.1 Å². The summed E-state index contributed by atoms with van der Waals surface area (Å²) in [5.41, 5.74) is 0.246. The Labute approximate surface area is 164 Å². The highest BCUT2D eigenvalue weighted by Gasteiger charge is 2.27. The molecule has 3 rings (SSSR count). The summed E-state index contributed by atoms with van der Waals surface area (Å²) in [7, 11) is 0. The summed E-state index contributed by atoms with van der Waals surface area (Å²) in [4.78, 5) is 0. The van der Waals surface area contributed by atoms with Gasteiger partial charge in [-0.05, 0) is 43.4 Å². The van der Waals surface area contributed by atoms with Crippen LogP contribution in [0.4, 0.5) is 13.2 Å². The van der Waals surface area contributed by atoms with Gasteiger partial charge in [-0.1, -0.05) is 32.4 Å². The highest BCUT2D eigenvalue weighted by atomic mass is 19.2. The SMILES string of the molecule is CCCOc1ccc(-c2ccc(C3CCC(CCC)OC3)c(F)c2F)c(F)c1. The van der Waals surface area contributed by atoms with Gasteiger partial charge in [0.05, 0.1) is 19.3 Å². The molecule has 0 amide bonds. The smallest absolute Gasteiger partial charge is 0.167 e. The molecule has 2 nitrogen and oxygen atoms in total. The topological polar surface area (TPSA) is 18.5 Å². The Kier molecular flexibility index (Phi) is 7.00. The van der Waals surface area contributed by atoms with Crippen molar-refractivity contribution in [2.45, 2.75) is 58.0 Å². The van der Waals surface area contributed by atoms with Crippen molar-refractivity contribution in [2.24, 2.45) is 0 Å². The van der Waals surface area contributed by atoms with Gasteiger partial charge in [-0.2, -0.15) is 0 Å². The summed E-state index contributed by atoms with van der Waals surface area (Å²) >= 11 is 0. The molecule has 2 atom stereocenters. The zero-order chi connectivity index (χ0) is 20.1. The van der Waals surface area contributed by atoms with Gasteiger partial charge < -0.3 is 9.47 Å². The molecule has 1 fully saturated rings. The highest BCUT2D eigenvalue weighted by Crippen LogP contribution is 2.36. The molecule has 1 aliphatic heterocycles. The number of hydrogen-bond donors (Lipinski definition) is 0. The zero-order valence-corrected chi connectivity index (χ0v) is 16.4. The van der Waals surface area contributed by atoms with Crippen LogP contribution < -0.4 is 4.74 Å². The van der Waals surface area contributed by atoms with Gasteiger partial charge in [-0.25, -0.2) is 13.2 Å². The third-order valence-electron chi connectivity index (χ3n) is 5.24. The molecule has 5 heteroatoms. The van der Waals surface area contributed by atoms with Crippen LogP contribution in [-0.2, 0) is 4.74 Å². The van der Waals surface area contributed by atoms with E-state index in [1.54, 1.807) is 12.1 Å². The van der Waals surface area contributed by atoms with Crippen LogP contribution in [0.1, 0.15) is 57.4 Å². The fourth-order valence-corrected chi connectivity index (χ4v) is 3.71. The highest BCUT2D eigenvalue weighted by molar-refractivity contribution is 5.66. The normalized spacial score (nSPS) is 19.6. The Morgan fingerprint density at radius 1 is 0.964 bits per heavy atom. The second-order valence-electron chi connectivity index (χ2n) is 7.34. The minimum atomic E-state index is -1.02. The molecule has 28 heavy (non-hydrogen) atoms. The van der Waals surface area contributed by atoms with Gasteiger partial charge in [0.1, 0.15) is 11.6 Å². The first-order valence-electron chi connectivity index (χ1n) is 10.1. The molecule has 2 unspecified atom stereocenters. The number of rotatable bonds is 7. The van der Waals surface area contributed by atoms with Gasteiger partial charge in [-0.3, -0.25) is 0 Å². The molecule has 0 bridgehead atoms. The van der Waals surface area contributed by atoms with Crippen molar-refractivity contribution in [3.8, 4) is 16.9 Å². The molecule has 0 saturated carbocycles. The van der Waals surface area contributed by atoms with Gasteiger partial charge in [0.25, 0.3) is 0 Å². The van der Waals surface area contributed by atoms with Gasteiger partial charge >= 0.3 is 0 Å². The van der Waals surface area contributed by atoms with E-state index in [1.165, 1.54) is 18.2 Å². The Balaban J connectivity index is 1.81. The van der Waals surface area contributed by atoms with E-state index in [0.717, 1.165) is 32.1 Å². The van der Waals surface area contributed by atoms with Crippen molar-refractivity contribution in [3.05, 3.63) is 53.3 Å². The van der Waals surface area contributed by atoms with Crippen LogP contribution in [0.5, 0.6) is 5.75 Å². The molecule has 1 heterocycles. The van der Waals surface area contributed by atoms with E-state index in [1.807, 2.05) is 6.92 Å². The van der Waals surface area contributed by atoms with Crippen molar-refractivity contribution >= 4 is 0 Å². The third kappa shape index (κ3) is 4.52. The number of ether oxygens (including phenoxy) is 2. The van der Waals surface area contributed by atoms with E-state index in [2.05, 4.69) is 6.92 Å². The van der Waals surface area contributed by atoms with Crippen LogP contribution in [0.25, 0.3) is 11.1 Å². The maximum absolute atomic E-state index is 14.8. The van der Waals surface area contributed by atoms with E-state index in [0.29, 0.717) is 24.5 Å². The van der Waals surface area contributed by atoms with E-state index >= 15 is 0 Å². The lowest BCUT2D eigenvalue weighted by atomic mass is 9.88. The number of hydrogen-bond acceptors (Lipinski definition) is 2. The van der Waals surface area contributed by atoms with Crippen molar-refractivity contribution in [1.29, 1.82) is 0 Å². The Morgan fingerprint density at radius 3 is 2.39 bits per heavy atom. The Morgan fingerprint density at radius 2 is 1.75 bits per heavy atom. The maximum Gasteiger partial charge on any atom is 0.167 e. The first-order chi connectivity index (χ1) is 13.5. The van der Waals surface area contributed by atoms with Crippen LogP contribution >= 0.6 is 0 Å². The summed E-state index contributed by atoms with van der Waals surface area (Å²) < 4.78 is 55.2. The monoisotopic (exact) mass is 392 g/mol. The lowest BCUT2D eigenvalue weighted by molar-refractivity contribution is -0.00181. The van der Waals surface area contributed by atoms with Gasteiger partial charge in [0.2, 0.25) is 0 Å². The summed E-state index contributed by atoms with van der Waals surface area (Å²) in [6.07, 6.45) is 4.64. The van der Waals surface area contributed by atoms with E-state index in [9.17, 15) is 13.2 Å². The molecular weight excluding hydrogens is 365 g/mol. The second-order valence-corrected chi connectivity index (χ2v) is 7.34. The molecular formula is C23H27F3O2. The summed E-state index contributed by atoms with van der Waals surface area (Å²) in [6.45, 7) is 4.91. The number of halogens is 3. The molecule has 2 aromatic rings. The first-order valence-corrected chi connectivity index (χ1v) is 10.1. The standard InChI is InChI=1S/C23H27F3O2/c1-3-5-16-7-6-15(14-28-16)18-10-11-20(23(26)22(18)25)19-9-8-17(13-21(19)24)27-12-4-2/h8-11,13,15-16H,3-7,12,14H2,1-2H3. The van der Waals surface area contributed by atoms with Crippen molar-refractivity contribution in [2.75, 3.05) is 13.2 Å². The molecule has 2 aromatic carbocycles. The number of benzene rings is 2. The van der Waals surface area contributed by atoms with Crippen molar-refractivity contribution in [1.82, 2.24) is 0 Å². The lowest BCUT2D eigenvalue weighted by Gasteiger charge is -2.29. The predicted molar refractivity (Wildman–Crippen MR) is 104 cm³/mol. The van der Waals surface area contributed by atoms with Crippen LogP contribution in [0.15, 0.2) is 30.3 Å². The molecule has 1 saturated heterocycles. The van der Waals surface area contributed by atoms with Crippen LogP contribution in [0.3, 0.4) is 0 Å². The fraction of sp³-hybridized carbons (Fsp3) is 0.478. The lowest BCUT2D eigenvalue weighted by Crippen LogP contribution is -2.25. The van der Waals surface area contributed by atoms with E-state index < -0.39 is 17.5 Å². The van der Waals surface area contributed by atoms with Gasteiger partial charge in [-0.15, -0.1) is 0 Å². The summed E-state index contributed by atoms with van der Waals surface area (Å²) in [5, 5.41) is 0. The molecule has 0 spiro atoms. The summed E-state index contributed by atoms with van der Waals surface area (Å²) in [6, 6.07) is 7.22. The zero-order valence-electron chi connectivity index (χ0n) is 16.4. The first kappa shape index (κ1) is 20.7. The average molecular weight is 392 g/mol. The van der Waals surface area contributed by atoms with Crippen LogP contribution in [0, 0.1) is 17.5 Å². The maximum atomic E-state index is 14.8. The molecule has 152 valence electrons. The van der Waals surface area contributed by atoms with Crippen molar-refractivity contribution in [3.63, 3.8) is 0 Å². The Hall–Kier alpha value is -2.01. The third-order valence-corrected chi connectivity index (χ3v) is 5.24. The second kappa shape index (κ2) is 9.46. The van der Waals surface area contributed by atoms with E-state index in [4.69, 9.17) is 9.47 Å². The molecule has 1 aliphatic rings. The minimum Gasteiger partial charge on any atom is -0.494 e. The van der Waals surface area contributed by atoms with Crippen molar-refractivity contribution < 1.29 is 22.6 Å². The minimum absolute atomic E-state index is 0.0229. The van der Waals surface area contributed by atoms with Crippen LogP contribution in [-0.4, -0.2) is 19.3 Å². The largest absolute Gasteiger partial charge is 0.494 e. The quantitative estimate of drug-likeness (QED) is 0.527. The fourth-order valence-electron chi connectivity index (χ4n) is 3.71. The van der Waals surface area contributed by atoms with E-state index in [-0.39, 0.29) is 23.1 Å². The van der Waals surface area contributed by atoms with Gasteiger partial charge in [0.15, 0.2) is 11.6 Å². The molecule has 0 radical (unpaired) electrons. The summed E-state index contributed by atoms with van der Waals surface area (Å²) in [5.74, 6) is -2.36. The average Bonchev–Trinajstić information content (AvgIpc) is 2.70.